The normalized spacial score (nSPS) is 10.7. The molecule has 4 N–H and O–H groups in total. The van der Waals surface area contributed by atoms with Crippen LogP contribution in [0, 0.1) is 0 Å². The molecule has 9 heteroatoms. The van der Waals surface area contributed by atoms with Crippen molar-refractivity contribution in [3.05, 3.63) is 89.5 Å². The zero-order valence-electron chi connectivity index (χ0n) is 22.5. The lowest BCUT2D eigenvalue weighted by Crippen LogP contribution is -2.14. The minimum atomic E-state index is -0.621. The minimum absolute atomic E-state index is 0.123. The van der Waals surface area contributed by atoms with Crippen LogP contribution in [0.15, 0.2) is 72.8 Å². The first-order valence-electron chi connectivity index (χ1n) is 13.1. The highest BCUT2D eigenvalue weighted by atomic mass is 16.6. The van der Waals surface area contributed by atoms with Crippen LogP contribution < -0.4 is 20.9 Å². The average Bonchev–Trinajstić information content (AvgIpc) is 2.94. The molecule has 0 saturated heterocycles. The van der Waals surface area contributed by atoms with Crippen LogP contribution in [0.25, 0.3) is 6.08 Å². The van der Waals surface area contributed by atoms with Crippen LogP contribution in [0.5, 0.6) is 11.5 Å². The van der Waals surface area contributed by atoms with Crippen molar-refractivity contribution >= 4 is 35.4 Å². The Bertz CT molecular complexity index is 1280. The fraction of sp³-hybridized carbons (Fsp3) is 0.258. The zero-order valence-corrected chi connectivity index (χ0v) is 22.5. The summed E-state index contributed by atoms with van der Waals surface area (Å²) in [6.07, 6.45) is 7.41. The topological polar surface area (TPSA) is 140 Å². The quantitative estimate of drug-likeness (QED) is 0.0888. The molecule has 0 radical (unpaired) electrons. The second kappa shape index (κ2) is 15.6. The Morgan fingerprint density at radius 1 is 0.700 bits per heavy atom. The molecule has 0 bridgehead atoms. The first-order valence-corrected chi connectivity index (χ1v) is 13.1. The van der Waals surface area contributed by atoms with Gasteiger partial charge in [0.05, 0.1) is 17.7 Å². The van der Waals surface area contributed by atoms with E-state index >= 15 is 0 Å². The monoisotopic (exact) mass is 546 g/mol. The van der Waals surface area contributed by atoms with Crippen molar-refractivity contribution in [2.75, 3.05) is 31.3 Å². The number of benzene rings is 3. The molecular weight excluding hydrogens is 512 g/mol. The molecule has 40 heavy (non-hydrogen) atoms. The smallest absolute Gasteiger partial charge is 0.338 e. The Kier molecular flexibility index (Phi) is 11.6. The van der Waals surface area contributed by atoms with Gasteiger partial charge in [-0.1, -0.05) is 38.3 Å². The molecule has 0 atom stereocenters. The van der Waals surface area contributed by atoms with E-state index < -0.39 is 17.9 Å². The number of nitrogens with two attached hydrogens (primary N) is 2. The lowest BCUT2D eigenvalue weighted by atomic mass is 10.1. The van der Waals surface area contributed by atoms with Crippen molar-refractivity contribution in [1.29, 1.82) is 0 Å². The fourth-order valence-corrected chi connectivity index (χ4v) is 3.60. The Labute approximate surface area is 233 Å². The number of hydrogen-bond donors (Lipinski definition) is 2. The Balaban J connectivity index is 1.38. The van der Waals surface area contributed by atoms with E-state index in [1.54, 1.807) is 54.6 Å². The van der Waals surface area contributed by atoms with Gasteiger partial charge in [0.25, 0.3) is 0 Å². The molecule has 0 amide bonds. The van der Waals surface area contributed by atoms with E-state index in [1.807, 2.05) is 0 Å². The molecular formula is C31H34N2O7. The number of unbranched alkanes of at least 4 members (excludes halogenated alkanes) is 3. The van der Waals surface area contributed by atoms with Gasteiger partial charge in [0.15, 0.2) is 0 Å². The predicted molar refractivity (Wildman–Crippen MR) is 153 cm³/mol. The number of anilines is 2. The lowest BCUT2D eigenvalue weighted by molar-refractivity contribution is -0.128. The summed E-state index contributed by atoms with van der Waals surface area (Å²) < 4.78 is 21.2. The van der Waals surface area contributed by atoms with Gasteiger partial charge in [0.2, 0.25) is 0 Å². The van der Waals surface area contributed by atoms with Crippen LogP contribution in [0.2, 0.25) is 0 Å². The fourth-order valence-electron chi connectivity index (χ4n) is 3.60. The molecule has 0 aliphatic carbocycles. The third-order valence-corrected chi connectivity index (χ3v) is 5.63. The molecule has 0 unspecified atom stereocenters. The summed E-state index contributed by atoms with van der Waals surface area (Å²) in [5.41, 5.74) is 13.2. The van der Waals surface area contributed by atoms with Crippen LogP contribution in [0.4, 0.5) is 11.4 Å². The molecule has 0 aromatic heterocycles. The van der Waals surface area contributed by atoms with Crippen LogP contribution in [-0.2, 0) is 14.3 Å². The van der Waals surface area contributed by atoms with Gasteiger partial charge in [-0.3, -0.25) is 0 Å². The second-order valence-corrected chi connectivity index (χ2v) is 8.92. The molecule has 3 rings (SSSR count). The molecule has 0 heterocycles. The summed E-state index contributed by atoms with van der Waals surface area (Å²) in [7, 11) is 0. The first kappa shape index (κ1) is 29.8. The Hall–Kier alpha value is -4.79. The molecule has 0 aliphatic heterocycles. The molecule has 9 nitrogen and oxygen atoms in total. The Morgan fingerprint density at radius 2 is 1.30 bits per heavy atom. The number of rotatable bonds is 14. The minimum Gasteiger partial charge on any atom is -0.494 e. The number of carbonyl (C=O) groups excluding carboxylic acids is 3. The van der Waals surface area contributed by atoms with Gasteiger partial charge in [-0.15, -0.1) is 0 Å². The largest absolute Gasteiger partial charge is 0.494 e. The van der Waals surface area contributed by atoms with Gasteiger partial charge in [0.1, 0.15) is 24.7 Å². The molecule has 210 valence electrons. The van der Waals surface area contributed by atoms with Gasteiger partial charge in [0, 0.05) is 17.5 Å². The second-order valence-electron chi connectivity index (χ2n) is 8.92. The van der Waals surface area contributed by atoms with E-state index in [1.165, 1.54) is 37.1 Å². The first-order chi connectivity index (χ1) is 19.3. The molecule has 0 aliphatic rings. The highest BCUT2D eigenvalue weighted by Crippen LogP contribution is 2.19. The maximum absolute atomic E-state index is 12.3. The number of ether oxygens (including phenoxy) is 4. The van der Waals surface area contributed by atoms with E-state index in [9.17, 15) is 14.4 Å². The highest BCUT2D eigenvalue weighted by Gasteiger charge is 2.11. The number of esters is 3. The number of hydrogen-bond acceptors (Lipinski definition) is 9. The summed E-state index contributed by atoms with van der Waals surface area (Å²) >= 11 is 0. The van der Waals surface area contributed by atoms with Crippen LogP contribution in [-0.4, -0.2) is 37.7 Å². The standard InChI is InChI=1S/C31H34N2O7/c1-2-3-4-5-16-37-27-11-13-28(14-12-27)40-29(34)15-8-22-6-9-23(10-7-22)30(35)38-17-18-39-31(36)24-19-25(32)21-26(33)20-24/h6-15,19-21H,2-5,16-18,32-33H2,1H3/b15-8+. The van der Waals surface area contributed by atoms with E-state index in [-0.39, 0.29) is 18.8 Å². The van der Waals surface area contributed by atoms with Gasteiger partial charge < -0.3 is 30.4 Å². The number of carbonyl (C=O) groups is 3. The van der Waals surface area contributed by atoms with Crippen molar-refractivity contribution in [3.8, 4) is 11.5 Å². The van der Waals surface area contributed by atoms with Crippen LogP contribution in [0.3, 0.4) is 0 Å². The summed E-state index contributed by atoms with van der Waals surface area (Å²) in [5, 5.41) is 0. The lowest BCUT2D eigenvalue weighted by Gasteiger charge is -2.08. The summed E-state index contributed by atoms with van der Waals surface area (Å²) in [4.78, 5) is 36.5. The van der Waals surface area contributed by atoms with Crippen molar-refractivity contribution in [2.24, 2.45) is 0 Å². The van der Waals surface area contributed by atoms with Gasteiger partial charge in [-0.2, -0.15) is 0 Å². The van der Waals surface area contributed by atoms with Crippen LogP contribution in [0.1, 0.15) is 58.9 Å². The zero-order chi connectivity index (χ0) is 28.7. The summed E-state index contributed by atoms with van der Waals surface area (Å²) in [6, 6.07) is 17.8. The van der Waals surface area contributed by atoms with E-state index in [0.717, 1.165) is 18.6 Å². The van der Waals surface area contributed by atoms with Gasteiger partial charge in [-0.25, -0.2) is 14.4 Å². The molecule has 0 spiro atoms. The maximum atomic E-state index is 12.3. The average molecular weight is 547 g/mol. The summed E-state index contributed by atoms with van der Waals surface area (Å²) in [5.74, 6) is -0.590. The third-order valence-electron chi connectivity index (χ3n) is 5.63. The van der Waals surface area contributed by atoms with Gasteiger partial charge in [-0.05, 0) is 72.7 Å². The van der Waals surface area contributed by atoms with E-state index in [2.05, 4.69) is 6.92 Å². The van der Waals surface area contributed by atoms with Gasteiger partial charge >= 0.3 is 17.9 Å². The van der Waals surface area contributed by atoms with Crippen molar-refractivity contribution in [3.63, 3.8) is 0 Å². The van der Waals surface area contributed by atoms with E-state index in [0.29, 0.717) is 34.9 Å². The number of nitrogen functional groups attached to an aromatic ring is 2. The Morgan fingerprint density at radius 3 is 1.93 bits per heavy atom. The maximum Gasteiger partial charge on any atom is 0.338 e. The van der Waals surface area contributed by atoms with Crippen molar-refractivity contribution in [1.82, 2.24) is 0 Å². The SMILES string of the molecule is CCCCCCOc1ccc(OC(=O)/C=C/c2ccc(C(=O)OCCOC(=O)c3cc(N)cc(N)c3)cc2)cc1. The third kappa shape index (κ3) is 10.2. The molecule has 0 fully saturated rings. The highest BCUT2D eigenvalue weighted by molar-refractivity contribution is 5.92. The van der Waals surface area contributed by atoms with Crippen molar-refractivity contribution in [2.45, 2.75) is 32.6 Å². The molecule has 3 aromatic carbocycles. The molecule has 0 saturated carbocycles. The predicted octanol–water partition coefficient (Wildman–Crippen LogP) is 5.44. The molecule has 3 aromatic rings. The van der Waals surface area contributed by atoms with E-state index in [4.69, 9.17) is 30.4 Å². The summed E-state index contributed by atoms with van der Waals surface area (Å²) in [6.45, 7) is 2.58. The van der Waals surface area contributed by atoms with Crippen LogP contribution >= 0.6 is 0 Å². The van der Waals surface area contributed by atoms with Crippen molar-refractivity contribution < 1.29 is 33.3 Å².